The summed E-state index contributed by atoms with van der Waals surface area (Å²) in [4.78, 5) is 4.36. The van der Waals surface area contributed by atoms with Crippen LogP contribution in [-0.4, -0.2) is 20.4 Å². The standard InChI is InChI=1S/C10H6N4/c1-2-4-8-7(3-1)5-6-9-10(11-8)13-14-12-9/h1-6H. The zero-order valence-electron chi connectivity index (χ0n) is 7.25. The number of fused-ring (bicyclic) bond motifs is 2. The number of hydrogen-bond donors (Lipinski definition) is 0. The van der Waals surface area contributed by atoms with Crippen molar-refractivity contribution in [2.75, 3.05) is 0 Å². The molecule has 14 heavy (non-hydrogen) atoms. The van der Waals surface area contributed by atoms with Gasteiger partial charge < -0.3 is 0 Å². The van der Waals surface area contributed by atoms with Crippen LogP contribution in [0.1, 0.15) is 0 Å². The highest BCUT2D eigenvalue weighted by Crippen LogP contribution is 2.16. The van der Waals surface area contributed by atoms with E-state index in [0.29, 0.717) is 5.82 Å². The van der Waals surface area contributed by atoms with Crippen LogP contribution in [0.4, 0.5) is 0 Å². The minimum absolute atomic E-state index is 0.589. The van der Waals surface area contributed by atoms with Crippen molar-refractivity contribution in [3.05, 3.63) is 36.4 Å². The highest BCUT2D eigenvalue weighted by Gasteiger charge is 2.06. The second kappa shape index (κ2) is 2.70. The molecule has 0 saturated carbocycles. The Balaban J connectivity index is 2.48. The summed E-state index contributed by atoms with van der Waals surface area (Å²) < 4.78 is 0. The van der Waals surface area contributed by atoms with Gasteiger partial charge in [0.15, 0.2) is 0 Å². The first-order valence-electron chi connectivity index (χ1n) is 4.28. The van der Waals surface area contributed by atoms with Gasteiger partial charge in [0, 0.05) is 5.39 Å². The minimum atomic E-state index is 0.589. The van der Waals surface area contributed by atoms with Crippen molar-refractivity contribution in [3.8, 4) is 11.5 Å². The molecule has 66 valence electrons. The molecule has 0 aliphatic carbocycles. The van der Waals surface area contributed by atoms with Crippen LogP contribution >= 0.6 is 0 Å². The van der Waals surface area contributed by atoms with Crippen LogP contribution in [0.15, 0.2) is 36.4 Å². The molecule has 4 heteroatoms. The fourth-order valence-corrected chi connectivity index (χ4v) is 1.41. The van der Waals surface area contributed by atoms with Crippen molar-refractivity contribution in [3.63, 3.8) is 0 Å². The van der Waals surface area contributed by atoms with Gasteiger partial charge in [-0.15, -0.1) is 10.2 Å². The Morgan fingerprint density at radius 2 is 1.79 bits per heavy atom. The van der Waals surface area contributed by atoms with Crippen molar-refractivity contribution in [1.82, 2.24) is 20.4 Å². The molecule has 2 heterocycles. The van der Waals surface area contributed by atoms with E-state index in [-0.39, 0.29) is 0 Å². The molecule has 0 bridgehead atoms. The molecule has 1 aromatic rings. The maximum atomic E-state index is 4.36. The van der Waals surface area contributed by atoms with E-state index < -0.39 is 0 Å². The molecule has 0 saturated heterocycles. The second-order valence-corrected chi connectivity index (χ2v) is 3.00. The largest absolute Gasteiger partial charge is 0.225 e. The van der Waals surface area contributed by atoms with Gasteiger partial charge in [0.25, 0.3) is 0 Å². The highest BCUT2D eigenvalue weighted by molar-refractivity contribution is 5.79. The third-order valence-electron chi connectivity index (χ3n) is 2.10. The quantitative estimate of drug-likeness (QED) is 0.529. The maximum absolute atomic E-state index is 4.36. The van der Waals surface area contributed by atoms with E-state index in [1.165, 1.54) is 0 Å². The Kier molecular flexibility index (Phi) is 1.41. The van der Waals surface area contributed by atoms with Gasteiger partial charge in [0.05, 0.1) is 5.52 Å². The van der Waals surface area contributed by atoms with E-state index in [1.807, 2.05) is 36.4 Å². The van der Waals surface area contributed by atoms with Crippen LogP contribution in [0.5, 0.6) is 0 Å². The molecule has 0 spiro atoms. The second-order valence-electron chi connectivity index (χ2n) is 3.00. The zero-order chi connectivity index (χ0) is 9.38. The van der Waals surface area contributed by atoms with Crippen LogP contribution in [0.25, 0.3) is 22.4 Å². The smallest absolute Gasteiger partial charge is 0.204 e. The monoisotopic (exact) mass is 182 g/mol. The minimum Gasteiger partial charge on any atom is -0.225 e. The fraction of sp³-hybridized carbons (Fsp3) is 0. The van der Waals surface area contributed by atoms with E-state index in [1.54, 1.807) is 0 Å². The molecule has 3 rings (SSSR count). The fourth-order valence-electron chi connectivity index (χ4n) is 1.41. The molecule has 0 radical (unpaired) electrons. The van der Waals surface area contributed by atoms with Gasteiger partial charge in [0.2, 0.25) is 5.82 Å². The molecule has 0 unspecified atom stereocenters. The normalized spacial score (nSPS) is 10.9. The van der Waals surface area contributed by atoms with Crippen molar-refractivity contribution in [2.45, 2.75) is 0 Å². The molecule has 2 aliphatic heterocycles. The number of hydrogen-bond acceptors (Lipinski definition) is 4. The lowest BCUT2D eigenvalue weighted by Crippen LogP contribution is -1.77. The summed E-state index contributed by atoms with van der Waals surface area (Å²) >= 11 is 0. The van der Waals surface area contributed by atoms with E-state index in [9.17, 15) is 0 Å². The molecule has 4 nitrogen and oxygen atoms in total. The molecule has 2 aliphatic rings. The highest BCUT2D eigenvalue weighted by atomic mass is 15.4. The van der Waals surface area contributed by atoms with Crippen molar-refractivity contribution in [2.24, 2.45) is 0 Å². The van der Waals surface area contributed by atoms with E-state index in [2.05, 4.69) is 20.4 Å². The Morgan fingerprint density at radius 3 is 2.79 bits per heavy atom. The number of benzene rings is 1. The lowest BCUT2D eigenvalue weighted by molar-refractivity contribution is 0.947. The van der Waals surface area contributed by atoms with E-state index >= 15 is 0 Å². The van der Waals surface area contributed by atoms with Gasteiger partial charge in [-0.05, 0) is 17.3 Å². The van der Waals surface area contributed by atoms with Crippen molar-refractivity contribution >= 4 is 10.9 Å². The molecule has 0 atom stereocenters. The molecular weight excluding hydrogens is 176 g/mol. The number of rotatable bonds is 0. The zero-order valence-corrected chi connectivity index (χ0v) is 7.25. The lowest BCUT2D eigenvalue weighted by atomic mass is 10.2. The molecule has 0 fully saturated rings. The number of nitrogens with zero attached hydrogens (tertiary/aromatic N) is 4. The summed E-state index contributed by atoms with van der Waals surface area (Å²) in [6, 6.07) is 11.7. The van der Waals surface area contributed by atoms with Crippen LogP contribution < -0.4 is 0 Å². The van der Waals surface area contributed by atoms with E-state index in [0.717, 1.165) is 16.6 Å². The summed E-state index contributed by atoms with van der Waals surface area (Å²) in [5, 5.41) is 12.3. The van der Waals surface area contributed by atoms with Gasteiger partial charge in [-0.2, -0.15) is 0 Å². The third kappa shape index (κ3) is 1.01. The summed E-state index contributed by atoms with van der Waals surface area (Å²) in [5.41, 5.74) is 1.63. The van der Waals surface area contributed by atoms with E-state index in [4.69, 9.17) is 0 Å². The first-order valence-corrected chi connectivity index (χ1v) is 4.28. The molecule has 0 N–H and O–H groups in total. The number of para-hydroxylation sites is 1. The SMILES string of the molecule is c1ccc2nc3nnnc-3ccc2c1. The molecular formula is C10H6N4. The maximum Gasteiger partial charge on any atom is 0.204 e. The number of aromatic nitrogens is 4. The van der Waals surface area contributed by atoms with Crippen LogP contribution in [0.2, 0.25) is 0 Å². The predicted octanol–water partition coefficient (Wildman–Crippen LogP) is 1.52. The van der Waals surface area contributed by atoms with Crippen molar-refractivity contribution < 1.29 is 0 Å². The van der Waals surface area contributed by atoms with Gasteiger partial charge in [-0.1, -0.05) is 24.3 Å². The molecule has 1 aromatic carbocycles. The predicted molar refractivity (Wildman–Crippen MR) is 51.8 cm³/mol. The molecule has 0 aromatic heterocycles. The summed E-state index contributed by atoms with van der Waals surface area (Å²) in [6.45, 7) is 0. The average molecular weight is 182 g/mol. The van der Waals surface area contributed by atoms with Crippen LogP contribution in [-0.2, 0) is 0 Å². The topological polar surface area (TPSA) is 51.6 Å². The van der Waals surface area contributed by atoms with Crippen LogP contribution in [0, 0.1) is 0 Å². The first-order chi connectivity index (χ1) is 6.93. The Labute approximate surface area is 80.0 Å². The average Bonchev–Trinajstić information content (AvgIpc) is 2.58. The molecule has 0 amide bonds. The Morgan fingerprint density at radius 1 is 0.857 bits per heavy atom. The summed E-state index contributed by atoms with van der Waals surface area (Å²) in [7, 11) is 0. The summed E-state index contributed by atoms with van der Waals surface area (Å²) in [6.07, 6.45) is 0. The van der Waals surface area contributed by atoms with Gasteiger partial charge in [-0.25, -0.2) is 4.98 Å². The Bertz CT molecular complexity index is 564. The van der Waals surface area contributed by atoms with Gasteiger partial charge >= 0.3 is 0 Å². The van der Waals surface area contributed by atoms with Crippen LogP contribution in [0.3, 0.4) is 0 Å². The van der Waals surface area contributed by atoms with Gasteiger partial charge in [-0.3, -0.25) is 0 Å². The lowest BCUT2D eigenvalue weighted by Gasteiger charge is -1.87. The Hall–Kier alpha value is -2.10. The van der Waals surface area contributed by atoms with Crippen molar-refractivity contribution in [1.29, 1.82) is 0 Å². The summed E-state index contributed by atoms with van der Waals surface area (Å²) in [5.74, 6) is 0.589. The first kappa shape index (κ1) is 7.32. The van der Waals surface area contributed by atoms with Gasteiger partial charge in [0.1, 0.15) is 5.69 Å². The third-order valence-corrected chi connectivity index (χ3v) is 2.10.